The smallest absolute Gasteiger partial charge is 0.163 e. The Morgan fingerprint density at radius 2 is 2.21 bits per heavy atom. The summed E-state index contributed by atoms with van der Waals surface area (Å²) in [6.07, 6.45) is 7.01. The van der Waals surface area contributed by atoms with Crippen molar-refractivity contribution in [2.24, 2.45) is 0 Å². The Morgan fingerprint density at radius 3 is 3.07 bits per heavy atom. The van der Waals surface area contributed by atoms with Crippen LogP contribution in [0.2, 0.25) is 0 Å². The van der Waals surface area contributed by atoms with Crippen LogP contribution in [0.15, 0.2) is 36.9 Å². The molecule has 5 heterocycles. The van der Waals surface area contributed by atoms with Crippen molar-refractivity contribution in [2.75, 3.05) is 38.3 Å². The summed E-state index contributed by atoms with van der Waals surface area (Å²) in [7, 11) is 1.62. The number of nitrogens with zero attached hydrogens (tertiary/aromatic N) is 5. The number of rotatable bonds is 4. The second-order valence-electron chi connectivity index (χ2n) is 6.98. The van der Waals surface area contributed by atoms with E-state index in [-0.39, 0.29) is 12.6 Å². The molecule has 0 aromatic carbocycles. The predicted molar refractivity (Wildman–Crippen MR) is 110 cm³/mol. The fourth-order valence-corrected chi connectivity index (χ4v) is 3.84. The van der Waals surface area contributed by atoms with Gasteiger partial charge in [-0.1, -0.05) is 0 Å². The topological polar surface area (TPSA) is 112 Å². The van der Waals surface area contributed by atoms with E-state index in [0.29, 0.717) is 23.6 Å². The molecule has 1 fully saturated rings. The normalized spacial score (nSPS) is 17.2. The van der Waals surface area contributed by atoms with Crippen molar-refractivity contribution < 1.29 is 9.84 Å². The van der Waals surface area contributed by atoms with E-state index in [1.54, 1.807) is 25.7 Å². The highest BCUT2D eigenvalue weighted by Gasteiger charge is 2.24. The summed E-state index contributed by atoms with van der Waals surface area (Å²) in [6, 6.07) is 3.88. The molecule has 0 unspecified atom stereocenters. The lowest BCUT2D eigenvalue weighted by Gasteiger charge is -2.34. The van der Waals surface area contributed by atoms with Crippen LogP contribution in [0.5, 0.6) is 5.75 Å². The van der Waals surface area contributed by atoms with E-state index in [9.17, 15) is 5.11 Å². The quantitative estimate of drug-likeness (QED) is 0.478. The number of anilines is 1. The van der Waals surface area contributed by atoms with Gasteiger partial charge in [0.1, 0.15) is 17.2 Å². The summed E-state index contributed by atoms with van der Waals surface area (Å²) in [5, 5.41) is 14.7. The van der Waals surface area contributed by atoms with E-state index >= 15 is 0 Å². The van der Waals surface area contributed by atoms with Gasteiger partial charge in [-0.2, -0.15) is 0 Å². The highest BCUT2D eigenvalue weighted by atomic mass is 16.5. The van der Waals surface area contributed by atoms with Crippen molar-refractivity contribution in [3.8, 4) is 17.1 Å². The van der Waals surface area contributed by atoms with Gasteiger partial charge in [-0.25, -0.2) is 15.0 Å². The van der Waals surface area contributed by atoms with E-state index in [2.05, 4.69) is 25.2 Å². The lowest BCUT2D eigenvalue weighted by Crippen LogP contribution is -2.52. The average Bonchev–Trinajstić information content (AvgIpc) is 3.27. The Bertz CT molecular complexity index is 1180. The molecule has 0 bridgehead atoms. The van der Waals surface area contributed by atoms with Gasteiger partial charge in [-0.15, -0.1) is 0 Å². The van der Waals surface area contributed by atoms with Gasteiger partial charge < -0.3 is 25.0 Å². The Hall–Kier alpha value is -3.30. The van der Waals surface area contributed by atoms with Crippen LogP contribution in [-0.4, -0.2) is 69.4 Å². The predicted octanol–water partition coefficient (Wildman–Crippen LogP) is 1.35. The number of aliphatic hydroxyl groups is 1. The molecule has 4 aromatic heterocycles. The number of ether oxygens (including phenoxy) is 1. The molecule has 9 heteroatoms. The van der Waals surface area contributed by atoms with Crippen molar-refractivity contribution >= 4 is 27.8 Å². The van der Waals surface area contributed by atoms with Crippen molar-refractivity contribution in [3.63, 3.8) is 0 Å². The number of nitrogens with one attached hydrogen (secondary N) is 2. The fourth-order valence-electron chi connectivity index (χ4n) is 3.84. The second kappa shape index (κ2) is 7.26. The maximum Gasteiger partial charge on any atom is 0.163 e. The molecule has 1 aliphatic heterocycles. The van der Waals surface area contributed by atoms with Crippen LogP contribution in [0.25, 0.3) is 33.3 Å². The number of fused-ring (bicyclic) bond motifs is 2. The maximum absolute atomic E-state index is 9.63. The lowest BCUT2D eigenvalue weighted by atomic mass is 10.1. The number of pyridine rings is 2. The minimum Gasteiger partial charge on any atom is -0.494 e. The Labute approximate surface area is 166 Å². The molecule has 29 heavy (non-hydrogen) atoms. The number of hydrogen-bond donors (Lipinski definition) is 3. The first-order chi connectivity index (χ1) is 14.3. The Balaban J connectivity index is 1.74. The first-order valence-electron chi connectivity index (χ1n) is 9.50. The number of piperazine rings is 1. The van der Waals surface area contributed by atoms with Gasteiger partial charge in [-0.05, 0) is 12.1 Å². The molecule has 148 valence electrons. The average molecular weight is 391 g/mol. The number of aromatic amines is 1. The van der Waals surface area contributed by atoms with E-state index in [1.807, 2.05) is 18.3 Å². The van der Waals surface area contributed by atoms with Gasteiger partial charge in [0.25, 0.3) is 0 Å². The van der Waals surface area contributed by atoms with Gasteiger partial charge in [0.05, 0.1) is 37.0 Å². The standard InChI is InChI=1S/C20H21N7O2/c1-29-16-9-21-8-15-17(16)20(27-7-6-22-12(10-27)11-28)26-19(25-15)14-3-5-24-18-13(14)2-4-23-18/h2-5,8-9,12,22,28H,6-7,10-11H2,1H3,(H,23,24)/t12-/m1/s1. The SMILES string of the molecule is COc1cncc2nc(-c3ccnc4[nH]ccc34)nc(N3CCN[C@@H](CO)C3)c12. The van der Waals surface area contributed by atoms with Crippen LogP contribution in [-0.2, 0) is 0 Å². The molecule has 4 aromatic rings. The number of aromatic nitrogens is 5. The zero-order valence-electron chi connectivity index (χ0n) is 16.0. The minimum absolute atomic E-state index is 0.0117. The summed E-state index contributed by atoms with van der Waals surface area (Å²) >= 11 is 0. The van der Waals surface area contributed by atoms with E-state index < -0.39 is 0 Å². The van der Waals surface area contributed by atoms with Gasteiger partial charge >= 0.3 is 0 Å². The Morgan fingerprint density at radius 1 is 1.28 bits per heavy atom. The molecular formula is C20H21N7O2. The largest absolute Gasteiger partial charge is 0.494 e. The van der Waals surface area contributed by atoms with E-state index in [1.165, 1.54) is 0 Å². The fraction of sp³-hybridized carbons (Fsp3) is 0.300. The number of H-pyrrole nitrogens is 1. The van der Waals surface area contributed by atoms with Crippen LogP contribution in [0.4, 0.5) is 5.82 Å². The second-order valence-corrected chi connectivity index (χ2v) is 6.98. The highest BCUT2D eigenvalue weighted by molar-refractivity contribution is 5.98. The molecule has 0 spiro atoms. The zero-order valence-corrected chi connectivity index (χ0v) is 16.0. The van der Waals surface area contributed by atoms with Crippen LogP contribution >= 0.6 is 0 Å². The van der Waals surface area contributed by atoms with Crippen molar-refractivity contribution in [1.82, 2.24) is 30.2 Å². The van der Waals surface area contributed by atoms with Crippen LogP contribution in [0.1, 0.15) is 0 Å². The van der Waals surface area contributed by atoms with Gasteiger partial charge in [0.15, 0.2) is 5.82 Å². The van der Waals surface area contributed by atoms with Crippen molar-refractivity contribution in [3.05, 3.63) is 36.9 Å². The third kappa shape index (κ3) is 3.04. The molecule has 0 radical (unpaired) electrons. The Kier molecular flexibility index (Phi) is 4.45. The molecule has 1 aliphatic rings. The van der Waals surface area contributed by atoms with Crippen LogP contribution in [0, 0.1) is 0 Å². The lowest BCUT2D eigenvalue weighted by molar-refractivity contribution is 0.235. The van der Waals surface area contributed by atoms with Crippen LogP contribution < -0.4 is 15.0 Å². The summed E-state index contributed by atoms with van der Waals surface area (Å²) in [4.78, 5) is 23.7. The summed E-state index contributed by atoms with van der Waals surface area (Å²) < 4.78 is 5.57. The molecule has 9 nitrogen and oxygen atoms in total. The third-order valence-corrected chi connectivity index (χ3v) is 5.25. The molecule has 1 saturated heterocycles. The zero-order chi connectivity index (χ0) is 19.8. The summed E-state index contributed by atoms with van der Waals surface area (Å²) in [5.41, 5.74) is 2.40. The maximum atomic E-state index is 9.63. The van der Waals surface area contributed by atoms with Crippen molar-refractivity contribution in [1.29, 1.82) is 0 Å². The number of hydrogen-bond acceptors (Lipinski definition) is 8. The molecule has 0 aliphatic carbocycles. The summed E-state index contributed by atoms with van der Waals surface area (Å²) in [5.74, 6) is 2.02. The van der Waals surface area contributed by atoms with Gasteiger partial charge in [-0.3, -0.25) is 4.98 Å². The molecule has 0 amide bonds. The number of aliphatic hydroxyl groups excluding tert-OH is 1. The molecule has 3 N–H and O–H groups in total. The molecule has 1 atom stereocenters. The first kappa shape index (κ1) is 17.8. The van der Waals surface area contributed by atoms with E-state index in [0.717, 1.165) is 40.9 Å². The third-order valence-electron chi connectivity index (χ3n) is 5.25. The number of methoxy groups -OCH3 is 1. The molecular weight excluding hydrogens is 370 g/mol. The molecule has 0 saturated carbocycles. The first-order valence-corrected chi connectivity index (χ1v) is 9.50. The van der Waals surface area contributed by atoms with E-state index in [4.69, 9.17) is 14.7 Å². The highest BCUT2D eigenvalue weighted by Crippen LogP contribution is 2.35. The van der Waals surface area contributed by atoms with Gasteiger partial charge in [0.2, 0.25) is 0 Å². The van der Waals surface area contributed by atoms with Crippen molar-refractivity contribution in [2.45, 2.75) is 6.04 Å². The molecule has 5 rings (SSSR count). The van der Waals surface area contributed by atoms with Gasteiger partial charge in [0, 0.05) is 49.0 Å². The van der Waals surface area contributed by atoms with Crippen LogP contribution in [0.3, 0.4) is 0 Å². The minimum atomic E-state index is -0.0117. The monoisotopic (exact) mass is 391 g/mol. The summed E-state index contributed by atoms with van der Waals surface area (Å²) in [6.45, 7) is 2.24.